The number of carboxylic acid groups (broad SMARTS) is 1. The molecule has 0 aliphatic heterocycles. The summed E-state index contributed by atoms with van der Waals surface area (Å²) in [6, 6.07) is 14.7. The van der Waals surface area contributed by atoms with Crippen LogP contribution in [-0.4, -0.2) is 11.2 Å². The molecule has 2 aromatic rings. The summed E-state index contributed by atoms with van der Waals surface area (Å²) in [7, 11) is 0. The number of rotatable bonds is 4. The number of amides is 1. The first-order chi connectivity index (χ1) is 11.9. The largest absolute Gasteiger partial charge is 0.465 e. The van der Waals surface area contributed by atoms with Gasteiger partial charge in [0.15, 0.2) is 0 Å². The number of hydrogen-bond acceptors (Lipinski definition) is 1. The normalized spacial score (nSPS) is 18.3. The van der Waals surface area contributed by atoms with Gasteiger partial charge in [-0.05, 0) is 46.1 Å². The summed E-state index contributed by atoms with van der Waals surface area (Å²) in [4.78, 5) is 11.1. The summed E-state index contributed by atoms with van der Waals surface area (Å²) < 4.78 is 0. The van der Waals surface area contributed by atoms with Crippen LogP contribution in [0, 0.1) is 5.41 Å². The maximum Gasteiger partial charge on any atom is 0.405 e. The van der Waals surface area contributed by atoms with E-state index in [1.165, 1.54) is 16.7 Å². The van der Waals surface area contributed by atoms with Gasteiger partial charge < -0.3 is 10.4 Å². The van der Waals surface area contributed by atoms with Gasteiger partial charge in [-0.1, -0.05) is 75.4 Å². The maximum atomic E-state index is 11.1. The Hall–Kier alpha value is -2.55. The number of fused-ring (bicyclic) bond motifs is 1. The van der Waals surface area contributed by atoms with E-state index < -0.39 is 6.09 Å². The average Bonchev–Trinajstić information content (AvgIpc) is 2.82. The van der Waals surface area contributed by atoms with Gasteiger partial charge in [-0.2, -0.15) is 0 Å². The fraction of sp³-hybridized carbons (Fsp3) is 0.318. The maximum absolute atomic E-state index is 11.1. The van der Waals surface area contributed by atoms with Crippen LogP contribution in [0.1, 0.15) is 54.6 Å². The Morgan fingerprint density at radius 3 is 2.44 bits per heavy atom. The Morgan fingerprint density at radius 1 is 1.16 bits per heavy atom. The minimum Gasteiger partial charge on any atom is -0.465 e. The van der Waals surface area contributed by atoms with Crippen molar-refractivity contribution in [3.63, 3.8) is 0 Å². The van der Waals surface area contributed by atoms with Crippen molar-refractivity contribution >= 4 is 18.2 Å². The van der Waals surface area contributed by atoms with Crippen molar-refractivity contribution in [2.24, 2.45) is 5.41 Å². The molecule has 0 heterocycles. The van der Waals surface area contributed by atoms with Gasteiger partial charge in [0.05, 0.1) is 6.04 Å². The number of benzene rings is 2. The smallest absolute Gasteiger partial charge is 0.405 e. The van der Waals surface area contributed by atoms with Gasteiger partial charge in [0.1, 0.15) is 0 Å². The van der Waals surface area contributed by atoms with E-state index in [4.69, 9.17) is 5.11 Å². The molecule has 1 aliphatic rings. The second-order valence-electron chi connectivity index (χ2n) is 7.43. The Kier molecular flexibility index (Phi) is 4.67. The fourth-order valence-electron chi connectivity index (χ4n) is 3.63. The molecule has 0 bridgehead atoms. The molecule has 0 aromatic heterocycles. The zero-order valence-electron chi connectivity index (χ0n) is 15.0. The molecule has 130 valence electrons. The molecular formula is C22H25NO2. The lowest BCUT2D eigenvalue weighted by molar-refractivity contribution is 0.175. The zero-order chi connectivity index (χ0) is 18.0. The summed E-state index contributed by atoms with van der Waals surface area (Å²) in [5.41, 5.74) is 5.88. The summed E-state index contributed by atoms with van der Waals surface area (Å²) in [6.07, 6.45) is 5.20. The van der Waals surface area contributed by atoms with Crippen LogP contribution in [0.4, 0.5) is 4.79 Å². The predicted molar refractivity (Wildman–Crippen MR) is 103 cm³/mol. The molecule has 0 saturated heterocycles. The zero-order valence-corrected chi connectivity index (χ0v) is 15.0. The molecule has 2 aromatic carbocycles. The second-order valence-corrected chi connectivity index (χ2v) is 7.43. The summed E-state index contributed by atoms with van der Waals surface area (Å²) >= 11 is 0. The van der Waals surface area contributed by atoms with E-state index in [9.17, 15) is 4.79 Å². The molecule has 0 fully saturated rings. The standard InChI is InChI=1S/C22H25NO2/c1-4-15-5-7-16(8-6-15)9-10-17-11-12-19-18(13-17)14-22(2,3)20(19)23-21(24)25/h5-13,20,23H,4,14H2,1-3H3,(H,24,25)/b10-9+. The molecule has 3 rings (SSSR count). The van der Waals surface area contributed by atoms with Gasteiger partial charge in [-0.25, -0.2) is 4.79 Å². The van der Waals surface area contributed by atoms with Crippen molar-refractivity contribution in [3.05, 3.63) is 70.3 Å². The van der Waals surface area contributed by atoms with Crippen LogP contribution in [0.5, 0.6) is 0 Å². The van der Waals surface area contributed by atoms with E-state index in [2.05, 4.69) is 80.7 Å². The number of carbonyl (C=O) groups is 1. The van der Waals surface area contributed by atoms with Crippen LogP contribution in [0.2, 0.25) is 0 Å². The second kappa shape index (κ2) is 6.75. The SMILES string of the molecule is CCc1ccc(/C=C/c2ccc3c(c2)CC(C)(C)C3NC(=O)O)cc1. The van der Waals surface area contributed by atoms with Gasteiger partial charge in [-0.15, -0.1) is 0 Å². The highest BCUT2D eigenvalue weighted by Crippen LogP contribution is 2.45. The lowest BCUT2D eigenvalue weighted by atomic mass is 9.85. The summed E-state index contributed by atoms with van der Waals surface area (Å²) in [6.45, 7) is 6.38. The minimum absolute atomic E-state index is 0.112. The highest BCUT2D eigenvalue weighted by molar-refractivity contribution is 5.71. The molecule has 0 radical (unpaired) electrons. The Labute approximate surface area is 149 Å². The molecule has 1 atom stereocenters. The van der Waals surface area contributed by atoms with Gasteiger partial charge >= 0.3 is 6.09 Å². The Morgan fingerprint density at radius 2 is 1.80 bits per heavy atom. The van der Waals surface area contributed by atoms with Crippen molar-refractivity contribution in [2.45, 2.75) is 39.7 Å². The van der Waals surface area contributed by atoms with Crippen molar-refractivity contribution in [2.75, 3.05) is 0 Å². The van der Waals surface area contributed by atoms with E-state index in [0.29, 0.717) is 0 Å². The van der Waals surface area contributed by atoms with Crippen LogP contribution < -0.4 is 5.32 Å². The first-order valence-corrected chi connectivity index (χ1v) is 8.78. The number of hydrogen-bond donors (Lipinski definition) is 2. The predicted octanol–water partition coefficient (Wildman–Crippen LogP) is 5.31. The van der Waals surface area contributed by atoms with Gasteiger partial charge in [0, 0.05) is 0 Å². The van der Waals surface area contributed by atoms with Gasteiger partial charge in [-0.3, -0.25) is 0 Å². The van der Waals surface area contributed by atoms with Crippen molar-refractivity contribution in [3.8, 4) is 0 Å². The molecule has 0 saturated carbocycles. The van der Waals surface area contributed by atoms with Gasteiger partial charge in [0.2, 0.25) is 0 Å². The molecule has 1 unspecified atom stereocenters. The number of nitrogens with one attached hydrogen (secondary N) is 1. The van der Waals surface area contributed by atoms with Crippen molar-refractivity contribution in [1.82, 2.24) is 5.32 Å². The fourth-order valence-corrected chi connectivity index (χ4v) is 3.63. The molecule has 1 aliphatic carbocycles. The van der Waals surface area contributed by atoms with Crippen LogP contribution in [0.25, 0.3) is 12.2 Å². The third kappa shape index (κ3) is 3.76. The monoisotopic (exact) mass is 335 g/mol. The highest BCUT2D eigenvalue weighted by Gasteiger charge is 2.39. The van der Waals surface area contributed by atoms with Crippen LogP contribution in [0.3, 0.4) is 0 Å². The Bertz CT molecular complexity index is 803. The van der Waals surface area contributed by atoms with E-state index in [1.54, 1.807) is 0 Å². The number of aryl methyl sites for hydroxylation is 1. The molecule has 3 heteroatoms. The lowest BCUT2D eigenvalue weighted by Gasteiger charge is -2.27. The molecule has 2 N–H and O–H groups in total. The third-order valence-corrected chi connectivity index (χ3v) is 5.03. The molecular weight excluding hydrogens is 310 g/mol. The summed E-state index contributed by atoms with van der Waals surface area (Å²) in [5, 5.41) is 11.8. The topological polar surface area (TPSA) is 49.3 Å². The van der Waals surface area contributed by atoms with Crippen LogP contribution in [0.15, 0.2) is 42.5 Å². The van der Waals surface area contributed by atoms with E-state index in [-0.39, 0.29) is 11.5 Å². The van der Waals surface area contributed by atoms with Gasteiger partial charge in [0.25, 0.3) is 0 Å². The summed E-state index contributed by atoms with van der Waals surface area (Å²) in [5.74, 6) is 0. The molecule has 0 spiro atoms. The molecule has 3 nitrogen and oxygen atoms in total. The first-order valence-electron chi connectivity index (χ1n) is 8.78. The van der Waals surface area contributed by atoms with Crippen LogP contribution in [-0.2, 0) is 12.8 Å². The quantitative estimate of drug-likeness (QED) is 0.744. The third-order valence-electron chi connectivity index (χ3n) is 5.03. The average molecular weight is 335 g/mol. The Balaban J connectivity index is 1.82. The van der Waals surface area contributed by atoms with Crippen LogP contribution >= 0.6 is 0 Å². The molecule has 1 amide bonds. The van der Waals surface area contributed by atoms with Crippen molar-refractivity contribution in [1.29, 1.82) is 0 Å². The van der Waals surface area contributed by atoms with Crippen molar-refractivity contribution < 1.29 is 9.90 Å². The van der Waals surface area contributed by atoms with E-state index in [1.807, 2.05) is 0 Å². The molecule has 25 heavy (non-hydrogen) atoms. The van der Waals surface area contributed by atoms with E-state index in [0.717, 1.165) is 24.0 Å². The first kappa shape index (κ1) is 17.3. The van der Waals surface area contributed by atoms with E-state index >= 15 is 0 Å². The minimum atomic E-state index is -0.967. The highest BCUT2D eigenvalue weighted by atomic mass is 16.4. The lowest BCUT2D eigenvalue weighted by Crippen LogP contribution is -2.34.